The minimum absolute atomic E-state index is 0.0686. The molecule has 1 N–H and O–H groups in total. The molecule has 27 heavy (non-hydrogen) atoms. The van der Waals surface area contributed by atoms with Crippen LogP contribution in [0.4, 0.5) is 0 Å². The molecule has 6 heteroatoms. The Labute approximate surface area is 158 Å². The van der Waals surface area contributed by atoms with Gasteiger partial charge in [0.1, 0.15) is 6.61 Å². The van der Waals surface area contributed by atoms with Gasteiger partial charge < -0.3 is 9.68 Å². The molecule has 0 amide bonds. The van der Waals surface area contributed by atoms with E-state index in [4.69, 9.17) is 14.5 Å². The molecular formula is C21H22N2O4. The van der Waals surface area contributed by atoms with Gasteiger partial charge in [0.25, 0.3) is 0 Å². The third kappa shape index (κ3) is 8.62. The maximum absolute atomic E-state index is 11.7. The van der Waals surface area contributed by atoms with Gasteiger partial charge in [-0.15, -0.1) is 0 Å². The van der Waals surface area contributed by atoms with E-state index >= 15 is 0 Å². The van der Waals surface area contributed by atoms with Crippen molar-refractivity contribution >= 4 is 23.8 Å². The van der Waals surface area contributed by atoms with E-state index in [-0.39, 0.29) is 18.9 Å². The van der Waals surface area contributed by atoms with E-state index < -0.39 is 5.97 Å². The molecule has 0 atom stereocenters. The maximum Gasteiger partial charge on any atom is 0.376 e. The van der Waals surface area contributed by atoms with Crippen LogP contribution in [0.1, 0.15) is 18.1 Å². The van der Waals surface area contributed by atoms with Crippen LogP contribution in [0, 0.1) is 0 Å². The van der Waals surface area contributed by atoms with Gasteiger partial charge in [0.15, 0.2) is 5.71 Å². The Bertz CT molecular complexity index is 771. The van der Waals surface area contributed by atoms with E-state index in [9.17, 15) is 4.79 Å². The molecule has 0 saturated carbocycles. The number of rotatable bonds is 10. The first-order valence-corrected chi connectivity index (χ1v) is 8.43. The minimum Gasteiger partial charge on any atom is -0.391 e. The third-order valence-electron chi connectivity index (χ3n) is 3.26. The normalized spacial score (nSPS) is 11.8. The van der Waals surface area contributed by atoms with Gasteiger partial charge in [-0.05, 0) is 29.8 Å². The lowest BCUT2D eigenvalue weighted by Gasteiger charge is -2.04. The van der Waals surface area contributed by atoms with Crippen molar-refractivity contribution in [2.24, 2.45) is 5.16 Å². The molecule has 0 aromatic heterocycles. The first-order valence-electron chi connectivity index (χ1n) is 8.43. The van der Waals surface area contributed by atoms with Gasteiger partial charge in [-0.3, -0.25) is 4.84 Å². The summed E-state index contributed by atoms with van der Waals surface area (Å²) in [6, 6.07) is 19.6. The van der Waals surface area contributed by atoms with Gasteiger partial charge >= 0.3 is 5.97 Å². The van der Waals surface area contributed by atoms with E-state index in [0.717, 1.165) is 11.1 Å². The van der Waals surface area contributed by atoms with Crippen LogP contribution >= 0.6 is 0 Å². The largest absolute Gasteiger partial charge is 0.391 e. The molecule has 0 saturated heterocycles. The highest BCUT2D eigenvalue weighted by molar-refractivity contribution is 6.35. The van der Waals surface area contributed by atoms with E-state index in [2.05, 4.69) is 10.8 Å². The van der Waals surface area contributed by atoms with Gasteiger partial charge in [-0.1, -0.05) is 84.0 Å². The first-order chi connectivity index (χ1) is 13.3. The van der Waals surface area contributed by atoms with Crippen molar-refractivity contribution in [2.45, 2.75) is 6.92 Å². The Kier molecular flexibility index (Phi) is 9.07. The summed E-state index contributed by atoms with van der Waals surface area (Å²) in [7, 11) is 0. The number of benzene rings is 2. The fraction of sp³-hybridized carbons (Fsp3) is 0.143. The van der Waals surface area contributed by atoms with Crippen molar-refractivity contribution in [3.8, 4) is 0 Å². The zero-order valence-corrected chi connectivity index (χ0v) is 15.1. The van der Waals surface area contributed by atoms with Gasteiger partial charge in [0, 0.05) is 0 Å². The van der Waals surface area contributed by atoms with E-state index in [1.54, 1.807) is 12.2 Å². The quantitative estimate of drug-likeness (QED) is 0.394. The number of carbonyl (C=O) groups is 1. The lowest BCUT2D eigenvalue weighted by Crippen LogP contribution is -2.25. The van der Waals surface area contributed by atoms with E-state index in [1.807, 2.05) is 72.8 Å². The minimum atomic E-state index is -0.686. The molecule has 0 aliphatic heterocycles. The zero-order valence-electron chi connectivity index (χ0n) is 15.1. The van der Waals surface area contributed by atoms with Gasteiger partial charge in [0.05, 0.1) is 6.61 Å². The summed E-state index contributed by atoms with van der Waals surface area (Å²) in [4.78, 5) is 26.4. The van der Waals surface area contributed by atoms with Crippen LogP contribution < -0.4 is 5.64 Å². The van der Waals surface area contributed by atoms with Gasteiger partial charge in [-0.25, -0.2) is 4.79 Å². The summed E-state index contributed by atoms with van der Waals surface area (Å²) >= 11 is 0. The summed E-state index contributed by atoms with van der Waals surface area (Å²) in [6.07, 6.45) is 7.39. The molecule has 0 spiro atoms. The van der Waals surface area contributed by atoms with Crippen LogP contribution in [0.5, 0.6) is 0 Å². The molecule has 6 nitrogen and oxygen atoms in total. The Balaban J connectivity index is 1.58. The number of hydrogen-bond donors (Lipinski definition) is 1. The summed E-state index contributed by atoms with van der Waals surface area (Å²) in [5.41, 5.74) is 4.31. The van der Waals surface area contributed by atoms with Crippen molar-refractivity contribution in [1.82, 2.24) is 5.64 Å². The highest BCUT2D eigenvalue weighted by Crippen LogP contribution is 2.01. The van der Waals surface area contributed by atoms with E-state index in [0.29, 0.717) is 0 Å². The van der Waals surface area contributed by atoms with Gasteiger partial charge in [-0.2, -0.15) is 0 Å². The number of oxime groups is 1. The van der Waals surface area contributed by atoms with E-state index in [1.165, 1.54) is 6.92 Å². The summed E-state index contributed by atoms with van der Waals surface area (Å²) in [5.74, 6) is -0.686. The molecule has 0 radical (unpaired) electrons. The number of nitrogens with zero attached hydrogens (tertiary/aromatic N) is 1. The molecule has 0 unspecified atom stereocenters. The second-order valence-corrected chi connectivity index (χ2v) is 5.38. The molecule has 0 heterocycles. The fourth-order valence-corrected chi connectivity index (χ4v) is 1.93. The Morgan fingerprint density at radius 3 is 2.07 bits per heavy atom. The maximum atomic E-state index is 11.7. The highest BCUT2D eigenvalue weighted by Gasteiger charge is 2.08. The highest BCUT2D eigenvalue weighted by atomic mass is 16.9. The van der Waals surface area contributed by atoms with Crippen LogP contribution in [-0.2, 0) is 19.3 Å². The summed E-state index contributed by atoms with van der Waals surface area (Å²) in [5, 5.41) is 3.69. The predicted molar refractivity (Wildman–Crippen MR) is 105 cm³/mol. The number of hydrogen-bond acceptors (Lipinski definition) is 6. The van der Waals surface area contributed by atoms with Crippen molar-refractivity contribution < 1.29 is 19.3 Å². The topological polar surface area (TPSA) is 69.2 Å². The average Bonchev–Trinajstić information content (AvgIpc) is 2.71. The SMILES string of the molecule is CC(=NOC/C=C/c1ccccc1)C(=O)ONOC/C=C/c1ccccc1. The second-order valence-electron chi connectivity index (χ2n) is 5.38. The Morgan fingerprint density at radius 2 is 1.48 bits per heavy atom. The smallest absolute Gasteiger partial charge is 0.376 e. The number of nitrogens with one attached hydrogen (secondary N) is 1. The number of carbonyl (C=O) groups excluding carboxylic acids is 1. The molecule has 140 valence electrons. The Morgan fingerprint density at radius 1 is 0.926 bits per heavy atom. The van der Waals surface area contributed by atoms with Gasteiger partial charge in [0.2, 0.25) is 0 Å². The predicted octanol–water partition coefficient (Wildman–Crippen LogP) is 3.79. The van der Waals surface area contributed by atoms with Crippen LogP contribution in [0.15, 0.2) is 78.0 Å². The molecule has 0 bridgehead atoms. The lowest BCUT2D eigenvalue weighted by atomic mass is 10.2. The third-order valence-corrected chi connectivity index (χ3v) is 3.26. The molecule has 2 aromatic rings. The monoisotopic (exact) mass is 366 g/mol. The van der Waals surface area contributed by atoms with Crippen molar-refractivity contribution in [1.29, 1.82) is 0 Å². The average molecular weight is 366 g/mol. The van der Waals surface area contributed by atoms with Crippen LogP contribution in [0.3, 0.4) is 0 Å². The second kappa shape index (κ2) is 12.2. The molecule has 2 aromatic carbocycles. The molecule has 0 aliphatic carbocycles. The van der Waals surface area contributed by atoms with Crippen LogP contribution in [0.2, 0.25) is 0 Å². The first kappa shape index (κ1) is 20.1. The van der Waals surface area contributed by atoms with Crippen LogP contribution in [0.25, 0.3) is 12.2 Å². The summed E-state index contributed by atoms with van der Waals surface area (Å²) in [6.45, 7) is 1.97. The van der Waals surface area contributed by atoms with Crippen molar-refractivity contribution in [3.63, 3.8) is 0 Å². The zero-order chi connectivity index (χ0) is 19.2. The Hall–Kier alpha value is -3.22. The molecular weight excluding hydrogens is 344 g/mol. The van der Waals surface area contributed by atoms with Crippen molar-refractivity contribution in [2.75, 3.05) is 13.2 Å². The van der Waals surface area contributed by atoms with Crippen LogP contribution in [-0.4, -0.2) is 24.9 Å². The molecule has 0 fully saturated rings. The standard InChI is InChI=1S/C21H22N2O4/c1-18(22-25-16-8-14-19-10-4-2-5-11-19)21(24)27-23-26-17-9-15-20-12-6-3-7-13-20/h2-15,23H,16-17H2,1H3/b14-8+,15-9+,22-18?. The fourth-order valence-electron chi connectivity index (χ4n) is 1.93. The lowest BCUT2D eigenvalue weighted by molar-refractivity contribution is -0.180. The molecule has 2 rings (SSSR count). The summed E-state index contributed by atoms with van der Waals surface area (Å²) < 4.78 is 0. The molecule has 0 aliphatic rings. The van der Waals surface area contributed by atoms with Crippen molar-refractivity contribution in [3.05, 3.63) is 83.9 Å².